The maximum absolute atomic E-state index is 13.4. The monoisotopic (exact) mass is 367 g/mol. The molecular formula is C20H22FN5O. The quantitative estimate of drug-likeness (QED) is 0.768. The molecule has 1 aliphatic rings. The molecule has 0 radical (unpaired) electrons. The maximum Gasteiger partial charge on any atom is 0.243 e. The lowest BCUT2D eigenvalue weighted by Crippen LogP contribution is -2.31. The second-order valence-electron chi connectivity index (χ2n) is 6.70. The zero-order chi connectivity index (χ0) is 18.8. The largest absolute Gasteiger partial charge is 0.354 e. The molecule has 1 aliphatic heterocycles. The molecule has 0 spiro atoms. The van der Waals surface area contributed by atoms with Gasteiger partial charge in [-0.25, -0.2) is 14.4 Å². The summed E-state index contributed by atoms with van der Waals surface area (Å²) in [5.74, 6) is 0.468. The van der Waals surface area contributed by atoms with Gasteiger partial charge in [0, 0.05) is 31.0 Å². The molecule has 1 fully saturated rings. The Bertz CT molecular complexity index is 944. The molecule has 0 aliphatic carbocycles. The molecule has 0 unspecified atom stereocenters. The zero-order valence-electron chi connectivity index (χ0n) is 15.2. The Morgan fingerprint density at radius 1 is 1.22 bits per heavy atom. The number of rotatable bonds is 4. The number of hydrogen-bond donors (Lipinski definition) is 1. The van der Waals surface area contributed by atoms with E-state index in [1.165, 1.54) is 12.1 Å². The van der Waals surface area contributed by atoms with Crippen LogP contribution in [0.5, 0.6) is 0 Å². The standard InChI is InChI=1S/C20H22FN5O/c1-2-25-12-11-22-19(25)18-17(14-6-8-15(21)9-7-14)24-13-26(18)16-5-3-4-10-23-20(16)27/h6-9,11-13,16H,2-5,10H2,1H3,(H,23,27)/t16-/m1/s1. The molecule has 2 aromatic heterocycles. The lowest BCUT2D eigenvalue weighted by atomic mass is 10.1. The second kappa shape index (κ2) is 7.34. The highest BCUT2D eigenvalue weighted by molar-refractivity contribution is 5.83. The minimum Gasteiger partial charge on any atom is -0.354 e. The van der Waals surface area contributed by atoms with Gasteiger partial charge in [0.1, 0.15) is 17.6 Å². The lowest BCUT2D eigenvalue weighted by molar-refractivity contribution is -0.124. The Hall–Kier alpha value is -2.96. The van der Waals surface area contributed by atoms with Crippen LogP contribution < -0.4 is 5.32 Å². The van der Waals surface area contributed by atoms with Crippen molar-refractivity contribution in [1.82, 2.24) is 24.4 Å². The number of carbonyl (C=O) groups is 1. The number of hydrogen-bond acceptors (Lipinski definition) is 3. The number of aromatic nitrogens is 4. The number of nitrogens with one attached hydrogen (secondary N) is 1. The number of halogens is 1. The molecule has 7 heteroatoms. The number of aryl methyl sites for hydroxylation is 1. The number of imidazole rings is 2. The van der Waals surface area contributed by atoms with Crippen molar-refractivity contribution < 1.29 is 9.18 Å². The van der Waals surface area contributed by atoms with E-state index in [4.69, 9.17) is 0 Å². The van der Waals surface area contributed by atoms with Crippen molar-refractivity contribution in [2.24, 2.45) is 0 Å². The molecule has 1 aromatic carbocycles. The van der Waals surface area contributed by atoms with Gasteiger partial charge in [-0.1, -0.05) is 0 Å². The number of benzene rings is 1. The topological polar surface area (TPSA) is 64.7 Å². The van der Waals surface area contributed by atoms with Gasteiger partial charge >= 0.3 is 0 Å². The van der Waals surface area contributed by atoms with Crippen molar-refractivity contribution in [3.05, 3.63) is 48.8 Å². The predicted molar refractivity (Wildman–Crippen MR) is 100 cm³/mol. The van der Waals surface area contributed by atoms with E-state index in [1.54, 1.807) is 24.7 Å². The summed E-state index contributed by atoms with van der Waals surface area (Å²) in [6.45, 7) is 3.50. The highest BCUT2D eigenvalue weighted by atomic mass is 19.1. The summed E-state index contributed by atoms with van der Waals surface area (Å²) < 4.78 is 17.3. The molecule has 27 heavy (non-hydrogen) atoms. The lowest BCUT2D eigenvalue weighted by Gasteiger charge is -2.19. The van der Waals surface area contributed by atoms with Crippen molar-refractivity contribution in [3.63, 3.8) is 0 Å². The van der Waals surface area contributed by atoms with Crippen molar-refractivity contribution in [1.29, 1.82) is 0 Å². The van der Waals surface area contributed by atoms with Crippen molar-refractivity contribution in [2.75, 3.05) is 6.54 Å². The van der Waals surface area contributed by atoms with E-state index < -0.39 is 0 Å². The van der Waals surface area contributed by atoms with Crippen molar-refractivity contribution in [3.8, 4) is 22.8 Å². The van der Waals surface area contributed by atoms with Crippen LogP contribution in [0.4, 0.5) is 4.39 Å². The SMILES string of the molecule is CCn1ccnc1-c1c(-c2ccc(F)cc2)ncn1[C@@H]1CCCCNC1=O. The number of amides is 1. The maximum atomic E-state index is 13.4. The predicted octanol–water partition coefficient (Wildman–Crippen LogP) is 3.41. The number of nitrogens with zero attached hydrogens (tertiary/aromatic N) is 4. The third kappa shape index (κ3) is 3.25. The van der Waals surface area contributed by atoms with E-state index in [2.05, 4.69) is 15.3 Å². The molecule has 1 saturated heterocycles. The van der Waals surface area contributed by atoms with Crippen LogP contribution in [0.15, 0.2) is 43.0 Å². The van der Waals surface area contributed by atoms with Crippen molar-refractivity contribution >= 4 is 5.91 Å². The molecule has 1 atom stereocenters. The highest BCUT2D eigenvalue weighted by Crippen LogP contribution is 2.34. The summed E-state index contributed by atoms with van der Waals surface area (Å²) in [6, 6.07) is 5.92. The average molecular weight is 367 g/mol. The molecule has 1 amide bonds. The van der Waals surface area contributed by atoms with E-state index >= 15 is 0 Å². The third-order valence-electron chi connectivity index (χ3n) is 5.02. The van der Waals surface area contributed by atoms with Crippen molar-refractivity contribution in [2.45, 2.75) is 38.8 Å². The zero-order valence-corrected chi connectivity index (χ0v) is 15.2. The van der Waals surface area contributed by atoms with Crippen LogP contribution in [0.2, 0.25) is 0 Å². The van der Waals surface area contributed by atoms with Crippen LogP contribution in [0.3, 0.4) is 0 Å². The van der Waals surface area contributed by atoms with Crippen LogP contribution in [-0.4, -0.2) is 31.6 Å². The summed E-state index contributed by atoms with van der Waals surface area (Å²) in [5, 5.41) is 2.99. The van der Waals surface area contributed by atoms with Gasteiger partial charge in [0.15, 0.2) is 5.82 Å². The minimum atomic E-state index is -0.328. The third-order valence-corrected chi connectivity index (χ3v) is 5.02. The highest BCUT2D eigenvalue weighted by Gasteiger charge is 2.28. The first-order valence-corrected chi connectivity index (χ1v) is 9.31. The van der Waals surface area contributed by atoms with E-state index in [1.807, 2.05) is 22.3 Å². The molecule has 1 N–H and O–H groups in total. The van der Waals surface area contributed by atoms with E-state index in [-0.39, 0.29) is 17.8 Å². The Kier molecular flexibility index (Phi) is 4.75. The smallest absolute Gasteiger partial charge is 0.243 e. The van der Waals surface area contributed by atoms with Crippen LogP contribution in [0.25, 0.3) is 22.8 Å². The molecule has 6 nitrogen and oxygen atoms in total. The first kappa shape index (κ1) is 17.5. The molecule has 0 bridgehead atoms. The fourth-order valence-corrected chi connectivity index (χ4v) is 3.61. The second-order valence-corrected chi connectivity index (χ2v) is 6.70. The normalized spacial score (nSPS) is 17.6. The molecule has 3 aromatic rings. The Balaban J connectivity index is 1.89. The van der Waals surface area contributed by atoms with Gasteiger partial charge in [-0.15, -0.1) is 0 Å². The Morgan fingerprint density at radius 3 is 2.81 bits per heavy atom. The molecule has 4 rings (SSSR count). The van der Waals surface area contributed by atoms with Crippen LogP contribution in [-0.2, 0) is 11.3 Å². The Morgan fingerprint density at radius 2 is 2.04 bits per heavy atom. The first-order valence-electron chi connectivity index (χ1n) is 9.31. The fraction of sp³-hybridized carbons (Fsp3) is 0.350. The molecular weight excluding hydrogens is 345 g/mol. The van der Waals surface area contributed by atoms with Crippen LogP contribution >= 0.6 is 0 Å². The summed E-state index contributed by atoms with van der Waals surface area (Å²) in [4.78, 5) is 21.8. The van der Waals surface area contributed by atoms with Gasteiger partial charge in [0.2, 0.25) is 5.91 Å². The summed E-state index contributed by atoms with van der Waals surface area (Å²) >= 11 is 0. The molecule has 0 saturated carbocycles. The van der Waals surface area contributed by atoms with E-state index in [0.29, 0.717) is 12.2 Å². The van der Waals surface area contributed by atoms with E-state index in [0.717, 1.165) is 42.9 Å². The average Bonchev–Trinajstić information content (AvgIpc) is 3.26. The van der Waals surface area contributed by atoms with Gasteiger partial charge in [-0.2, -0.15) is 0 Å². The van der Waals surface area contributed by atoms with Crippen LogP contribution in [0, 0.1) is 5.82 Å². The summed E-state index contributed by atoms with van der Waals surface area (Å²) in [6.07, 6.45) is 8.06. The minimum absolute atomic E-state index is 0.00594. The fourth-order valence-electron chi connectivity index (χ4n) is 3.61. The van der Waals surface area contributed by atoms with Gasteiger partial charge in [0.25, 0.3) is 0 Å². The summed E-state index contributed by atoms with van der Waals surface area (Å²) in [7, 11) is 0. The first-order chi connectivity index (χ1) is 13.2. The van der Waals surface area contributed by atoms with Crippen LogP contribution in [0.1, 0.15) is 32.2 Å². The summed E-state index contributed by atoms with van der Waals surface area (Å²) in [5.41, 5.74) is 2.29. The molecule has 140 valence electrons. The van der Waals surface area contributed by atoms with E-state index in [9.17, 15) is 9.18 Å². The molecule has 3 heterocycles. The Labute approximate surface area is 157 Å². The number of carbonyl (C=O) groups excluding carboxylic acids is 1. The van der Waals surface area contributed by atoms with Gasteiger partial charge < -0.3 is 14.5 Å². The van der Waals surface area contributed by atoms with Gasteiger partial charge in [0.05, 0.1) is 12.0 Å². The van der Waals surface area contributed by atoms with Gasteiger partial charge in [-0.3, -0.25) is 4.79 Å². The van der Waals surface area contributed by atoms with Gasteiger partial charge in [-0.05, 0) is 50.5 Å².